The molecular weight excluding hydrogens is 332 g/mol. The quantitative estimate of drug-likeness (QED) is 0.811. The van der Waals surface area contributed by atoms with Crippen LogP contribution in [0.3, 0.4) is 0 Å². The standard InChI is InChI=1S/C16H16N2O5S/c17-16(19)12-2-4-13(5-3-12)24(20,21)18-8-7-11-1-6-14-15(9-11)23-10-22-14/h1-6,9,18H,7-8,10H2,(H2,17,19). The zero-order chi connectivity index (χ0) is 17.2. The van der Waals surface area contributed by atoms with Gasteiger partial charge in [-0.3, -0.25) is 4.79 Å². The minimum Gasteiger partial charge on any atom is -0.454 e. The lowest BCUT2D eigenvalue weighted by molar-refractivity contribution is 0.1000. The molecule has 0 bridgehead atoms. The fourth-order valence-corrected chi connectivity index (χ4v) is 3.34. The molecule has 24 heavy (non-hydrogen) atoms. The van der Waals surface area contributed by atoms with Crippen molar-refractivity contribution in [3.63, 3.8) is 0 Å². The number of ether oxygens (including phenoxy) is 2. The Hall–Kier alpha value is -2.58. The first-order chi connectivity index (χ1) is 11.5. The number of benzene rings is 2. The summed E-state index contributed by atoms with van der Waals surface area (Å²) in [5.41, 5.74) is 6.33. The first-order valence-electron chi connectivity index (χ1n) is 7.24. The van der Waals surface area contributed by atoms with Gasteiger partial charge in [-0.15, -0.1) is 0 Å². The number of primary amides is 1. The van der Waals surface area contributed by atoms with Crippen LogP contribution in [0.15, 0.2) is 47.4 Å². The second-order valence-electron chi connectivity index (χ2n) is 5.22. The molecular formula is C16H16N2O5S. The minimum atomic E-state index is -3.64. The van der Waals surface area contributed by atoms with E-state index in [-0.39, 0.29) is 23.8 Å². The zero-order valence-corrected chi connectivity index (χ0v) is 13.5. The van der Waals surface area contributed by atoms with Crippen molar-refractivity contribution in [1.82, 2.24) is 4.72 Å². The van der Waals surface area contributed by atoms with Crippen molar-refractivity contribution < 1.29 is 22.7 Å². The second kappa shape index (κ2) is 6.50. The molecule has 0 unspecified atom stereocenters. The summed E-state index contributed by atoms with van der Waals surface area (Å²) in [7, 11) is -3.64. The maximum absolute atomic E-state index is 12.2. The predicted molar refractivity (Wildman–Crippen MR) is 86.4 cm³/mol. The van der Waals surface area contributed by atoms with Gasteiger partial charge in [0.2, 0.25) is 22.7 Å². The van der Waals surface area contributed by atoms with E-state index in [1.54, 1.807) is 6.07 Å². The number of fused-ring (bicyclic) bond motifs is 1. The number of nitrogens with two attached hydrogens (primary N) is 1. The molecule has 0 saturated carbocycles. The summed E-state index contributed by atoms with van der Waals surface area (Å²) in [5, 5.41) is 0. The van der Waals surface area contributed by atoms with Crippen LogP contribution >= 0.6 is 0 Å². The highest BCUT2D eigenvalue weighted by atomic mass is 32.2. The summed E-state index contributed by atoms with van der Waals surface area (Å²) in [6.45, 7) is 0.437. The molecule has 8 heteroatoms. The van der Waals surface area contributed by atoms with Crippen LogP contribution in [0.25, 0.3) is 0 Å². The van der Waals surface area contributed by atoms with Gasteiger partial charge >= 0.3 is 0 Å². The Kier molecular flexibility index (Phi) is 4.41. The Morgan fingerprint density at radius 1 is 1.08 bits per heavy atom. The Bertz CT molecular complexity index is 863. The van der Waals surface area contributed by atoms with E-state index in [9.17, 15) is 13.2 Å². The highest BCUT2D eigenvalue weighted by Crippen LogP contribution is 2.32. The number of sulfonamides is 1. The van der Waals surface area contributed by atoms with E-state index < -0.39 is 15.9 Å². The molecule has 2 aromatic carbocycles. The highest BCUT2D eigenvalue weighted by Gasteiger charge is 2.15. The van der Waals surface area contributed by atoms with Crippen molar-refractivity contribution in [2.24, 2.45) is 5.73 Å². The van der Waals surface area contributed by atoms with Crippen LogP contribution in [0.1, 0.15) is 15.9 Å². The summed E-state index contributed by atoms with van der Waals surface area (Å²) >= 11 is 0. The molecule has 3 N–H and O–H groups in total. The van der Waals surface area contributed by atoms with Gasteiger partial charge in [0.15, 0.2) is 11.5 Å². The van der Waals surface area contributed by atoms with Gasteiger partial charge in [0.25, 0.3) is 0 Å². The van der Waals surface area contributed by atoms with Crippen LogP contribution < -0.4 is 19.9 Å². The van der Waals surface area contributed by atoms with E-state index >= 15 is 0 Å². The van der Waals surface area contributed by atoms with E-state index in [0.717, 1.165) is 5.56 Å². The number of hydrogen-bond acceptors (Lipinski definition) is 5. The average molecular weight is 348 g/mol. The van der Waals surface area contributed by atoms with Gasteiger partial charge in [-0.25, -0.2) is 13.1 Å². The third-order valence-corrected chi connectivity index (χ3v) is 5.07. The molecule has 1 aliphatic rings. The smallest absolute Gasteiger partial charge is 0.248 e. The van der Waals surface area contributed by atoms with Gasteiger partial charge in [0, 0.05) is 12.1 Å². The summed E-state index contributed by atoms with van der Waals surface area (Å²) in [6.07, 6.45) is 0.509. The fraction of sp³-hybridized carbons (Fsp3) is 0.188. The van der Waals surface area contributed by atoms with E-state index in [0.29, 0.717) is 17.9 Å². The molecule has 0 aromatic heterocycles. The van der Waals surface area contributed by atoms with Crippen molar-refractivity contribution >= 4 is 15.9 Å². The van der Waals surface area contributed by atoms with Crippen LogP contribution in [0.5, 0.6) is 11.5 Å². The van der Waals surface area contributed by atoms with Crippen molar-refractivity contribution in [2.45, 2.75) is 11.3 Å². The van der Waals surface area contributed by atoms with E-state index in [1.807, 2.05) is 12.1 Å². The summed E-state index contributed by atoms with van der Waals surface area (Å²) in [4.78, 5) is 11.1. The number of nitrogens with one attached hydrogen (secondary N) is 1. The van der Waals surface area contributed by atoms with Crippen LogP contribution in [0.2, 0.25) is 0 Å². The molecule has 0 spiro atoms. The fourth-order valence-electron chi connectivity index (χ4n) is 2.31. The zero-order valence-electron chi connectivity index (χ0n) is 12.7. The second-order valence-corrected chi connectivity index (χ2v) is 6.99. The Balaban J connectivity index is 1.61. The first kappa shape index (κ1) is 16.3. The van der Waals surface area contributed by atoms with Crippen molar-refractivity contribution in [3.8, 4) is 11.5 Å². The predicted octanol–water partition coefficient (Wildman–Crippen LogP) is 1.04. The van der Waals surface area contributed by atoms with Gasteiger partial charge < -0.3 is 15.2 Å². The van der Waals surface area contributed by atoms with E-state index in [4.69, 9.17) is 15.2 Å². The molecule has 0 radical (unpaired) electrons. The highest BCUT2D eigenvalue weighted by molar-refractivity contribution is 7.89. The van der Waals surface area contributed by atoms with Gasteiger partial charge in [-0.2, -0.15) is 0 Å². The molecule has 0 atom stereocenters. The number of rotatable bonds is 6. The van der Waals surface area contributed by atoms with Gasteiger partial charge in [-0.05, 0) is 48.4 Å². The lowest BCUT2D eigenvalue weighted by Gasteiger charge is -2.08. The normalized spacial score (nSPS) is 13.0. The SMILES string of the molecule is NC(=O)c1ccc(S(=O)(=O)NCCc2ccc3c(c2)OCO3)cc1. The lowest BCUT2D eigenvalue weighted by atomic mass is 10.1. The molecule has 1 amide bonds. The van der Waals surface area contributed by atoms with E-state index in [2.05, 4.69) is 4.72 Å². The number of hydrogen-bond donors (Lipinski definition) is 2. The van der Waals surface area contributed by atoms with Gasteiger partial charge in [0.1, 0.15) is 0 Å². The molecule has 2 aromatic rings. The molecule has 7 nitrogen and oxygen atoms in total. The molecule has 1 heterocycles. The maximum atomic E-state index is 12.2. The third-order valence-electron chi connectivity index (χ3n) is 3.59. The largest absolute Gasteiger partial charge is 0.454 e. The molecule has 126 valence electrons. The van der Waals surface area contributed by atoms with Gasteiger partial charge in [0.05, 0.1) is 4.90 Å². The molecule has 0 aliphatic carbocycles. The van der Waals surface area contributed by atoms with Crippen molar-refractivity contribution in [2.75, 3.05) is 13.3 Å². The summed E-state index contributed by atoms with van der Waals surface area (Å²) in [6, 6.07) is 11.0. The van der Waals surface area contributed by atoms with Gasteiger partial charge in [-0.1, -0.05) is 6.07 Å². The average Bonchev–Trinajstić information content (AvgIpc) is 3.02. The number of carbonyl (C=O) groups excluding carboxylic acids is 1. The van der Waals surface area contributed by atoms with Crippen LogP contribution in [-0.2, 0) is 16.4 Å². The monoisotopic (exact) mass is 348 g/mol. The van der Waals surface area contributed by atoms with Crippen molar-refractivity contribution in [1.29, 1.82) is 0 Å². The number of carbonyl (C=O) groups is 1. The third kappa shape index (κ3) is 3.50. The topological polar surface area (TPSA) is 108 Å². The number of amides is 1. The van der Waals surface area contributed by atoms with Crippen LogP contribution in [0, 0.1) is 0 Å². The minimum absolute atomic E-state index is 0.0817. The summed E-state index contributed by atoms with van der Waals surface area (Å²) in [5.74, 6) is 0.751. The Labute approximate surface area is 139 Å². The maximum Gasteiger partial charge on any atom is 0.248 e. The van der Waals surface area contributed by atoms with E-state index in [1.165, 1.54) is 24.3 Å². The Morgan fingerprint density at radius 3 is 2.50 bits per heavy atom. The van der Waals surface area contributed by atoms with Crippen LogP contribution in [0.4, 0.5) is 0 Å². The summed E-state index contributed by atoms with van der Waals surface area (Å²) < 4.78 is 37.5. The molecule has 0 fully saturated rings. The molecule has 1 aliphatic heterocycles. The first-order valence-corrected chi connectivity index (χ1v) is 8.72. The molecule has 0 saturated heterocycles. The van der Waals surface area contributed by atoms with Crippen LogP contribution in [-0.4, -0.2) is 27.7 Å². The lowest BCUT2D eigenvalue weighted by Crippen LogP contribution is -2.26. The Morgan fingerprint density at radius 2 is 1.79 bits per heavy atom. The molecule has 3 rings (SSSR count). The van der Waals surface area contributed by atoms with Crippen molar-refractivity contribution in [3.05, 3.63) is 53.6 Å².